The molecule has 0 unspecified atom stereocenters. The van der Waals surface area contributed by atoms with Crippen molar-refractivity contribution >= 4 is 29.0 Å². The van der Waals surface area contributed by atoms with E-state index in [1.807, 2.05) is 55.4 Å². The molecule has 3 heterocycles. The van der Waals surface area contributed by atoms with Crippen molar-refractivity contribution in [3.8, 4) is 0 Å². The predicted octanol–water partition coefficient (Wildman–Crippen LogP) is 3.39. The van der Waals surface area contributed by atoms with Crippen molar-refractivity contribution in [1.29, 1.82) is 0 Å². The number of nitrogen functional groups attached to an aromatic ring is 2. The third-order valence-electron chi connectivity index (χ3n) is 4.44. The van der Waals surface area contributed by atoms with Crippen LogP contribution in [-0.4, -0.2) is 28.7 Å². The molecule has 189 valence electrons. The van der Waals surface area contributed by atoms with Gasteiger partial charge in [0, 0.05) is 98.1 Å². The predicted molar refractivity (Wildman–Crippen MR) is 132 cm³/mol. The maximum absolute atomic E-state index is 5.61. The van der Waals surface area contributed by atoms with Crippen LogP contribution in [0.15, 0.2) is 0 Å². The molecule has 0 saturated heterocycles. The molecule has 0 aliphatic carbocycles. The molecule has 0 aliphatic heterocycles. The van der Waals surface area contributed by atoms with Crippen LogP contribution in [0.4, 0.5) is 11.8 Å². The van der Waals surface area contributed by atoms with Gasteiger partial charge in [-0.3, -0.25) is 21.4 Å². The van der Waals surface area contributed by atoms with E-state index in [-0.39, 0.29) is 98.1 Å². The molecule has 3 aromatic rings. The quantitative estimate of drug-likeness (QED) is 0.357. The van der Waals surface area contributed by atoms with Crippen LogP contribution in [-0.2, 0) is 98.1 Å². The van der Waals surface area contributed by atoms with Gasteiger partial charge >= 0.3 is 0 Å². The van der Waals surface area contributed by atoms with Gasteiger partial charge in [-0.2, -0.15) is 5.82 Å². The summed E-state index contributed by atoms with van der Waals surface area (Å²) >= 11 is 0. The molecule has 0 spiro atoms. The Labute approximate surface area is 291 Å². The van der Waals surface area contributed by atoms with Gasteiger partial charge < -0.3 is 54.1 Å². The molecular formula is C24H33N9Y3-6. The summed E-state index contributed by atoms with van der Waals surface area (Å²) < 4.78 is 5.17. The fourth-order valence-corrected chi connectivity index (χ4v) is 2.62. The van der Waals surface area contributed by atoms with E-state index in [1.165, 1.54) is 0 Å². The summed E-state index contributed by atoms with van der Waals surface area (Å²) in [7, 11) is 0. The molecule has 0 amide bonds. The Morgan fingerprint density at radius 3 is 1.44 bits per heavy atom. The van der Waals surface area contributed by atoms with E-state index in [4.69, 9.17) is 17.2 Å². The average Bonchev–Trinajstić information content (AvgIpc) is 3.41. The van der Waals surface area contributed by atoms with Gasteiger partial charge in [0.25, 0.3) is 0 Å². The molecule has 9 nitrogen and oxygen atoms in total. The number of nitrogens with two attached hydrogens (primary N) is 3. The van der Waals surface area contributed by atoms with Crippen molar-refractivity contribution in [2.75, 3.05) is 11.5 Å². The molecule has 0 aliphatic rings. The smallest absolute Gasteiger partial charge is 0.0879 e. The van der Waals surface area contributed by atoms with E-state index in [0.717, 1.165) is 34.4 Å². The van der Waals surface area contributed by atoms with Crippen LogP contribution in [0.2, 0.25) is 0 Å². The molecule has 0 atom stereocenters. The summed E-state index contributed by atoms with van der Waals surface area (Å²) in [4.78, 5) is 12.2. The number of nitrogens with zero attached hydrogens (tertiary/aromatic N) is 6. The van der Waals surface area contributed by atoms with Crippen molar-refractivity contribution in [2.24, 2.45) is 5.73 Å². The van der Waals surface area contributed by atoms with E-state index < -0.39 is 0 Å². The Morgan fingerprint density at radius 2 is 1.11 bits per heavy atom. The normalized spacial score (nSPS) is 11.1. The zero-order valence-corrected chi connectivity index (χ0v) is 31.2. The molecular weight excluding hydrogens is 681 g/mol. The van der Waals surface area contributed by atoms with E-state index in [1.54, 1.807) is 20.6 Å². The molecule has 3 rings (SSSR count). The van der Waals surface area contributed by atoms with Crippen LogP contribution < -0.4 is 17.2 Å². The van der Waals surface area contributed by atoms with E-state index in [9.17, 15) is 0 Å². The minimum absolute atomic E-state index is 0. The van der Waals surface area contributed by atoms with Crippen LogP contribution in [0, 0.1) is 64.5 Å². The fourth-order valence-electron chi connectivity index (χ4n) is 2.62. The third kappa shape index (κ3) is 12.4. The first-order valence-corrected chi connectivity index (χ1v) is 10.2. The SMILES string of the molecule is C[C-]=C(C)n1[c-]c(C)nc1N.C[C-]=C(C)n1[c-]c(N)nc1C.C[C-]=C(N)n1[c-]c(C)nc1C.[Y].[Y].[Y]. The minimum Gasteiger partial charge on any atom is -0.551 e. The molecule has 0 saturated carbocycles. The first-order chi connectivity index (χ1) is 15.4. The number of hydrogen-bond acceptors (Lipinski definition) is 6. The monoisotopic (exact) mass is 714 g/mol. The van der Waals surface area contributed by atoms with E-state index >= 15 is 0 Å². The molecule has 36 heavy (non-hydrogen) atoms. The Hall–Kier alpha value is -0.438. The number of rotatable bonds is 3. The number of imidazole rings is 3. The second kappa shape index (κ2) is 19.6. The minimum atomic E-state index is 0. The number of anilines is 2. The number of hydrogen-bond donors (Lipinski definition) is 3. The Balaban J connectivity index is -0.000000436. The van der Waals surface area contributed by atoms with Crippen LogP contribution in [0.1, 0.15) is 57.7 Å². The van der Waals surface area contributed by atoms with Gasteiger partial charge in [0.05, 0.1) is 11.8 Å². The van der Waals surface area contributed by atoms with Gasteiger partial charge in [0.2, 0.25) is 0 Å². The largest absolute Gasteiger partial charge is 0.551 e. The van der Waals surface area contributed by atoms with Crippen LogP contribution >= 0.6 is 0 Å². The van der Waals surface area contributed by atoms with E-state index in [0.29, 0.717) is 17.6 Å². The second-order valence-corrected chi connectivity index (χ2v) is 6.99. The van der Waals surface area contributed by atoms with Crippen molar-refractivity contribution in [3.05, 3.63) is 59.9 Å². The average molecular weight is 714 g/mol. The summed E-state index contributed by atoms with van der Waals surface area (Å²) in [6, 6.07) is 0. The number of aromatic nitrogens is 6. The summed E-state index contributed by atoms with van der Waals surface area (Å²) in [6.45, 7) is 16.8. The molecule has 12 heteroatoms. The van der Waals surface area contributed by atoms with Gasteiger partial charge in [-0.1, -0.05) is 32.4 Å². The van der Waals surface area contributed by atoms with Crippen molar-refractivity contribution < 1.29 is 98.1 Å². The Bertz CT molecular complexity index is 1010. The standard InChI is InChI=1S/3C8H11N3.3Y/c1-4-8(9)11-5-6(2)10-7(11)3;1-4-7(3)11-5-6(2)10-8(11)9;1-4-6(2)11-5-8(9)10-7(11)3;;;/h9H2,1-3H3;1-3H3,(H2,9,10);9H2,1-3H3;;;/q3*-2;;;. The first kappa shape index (κ1) is 40.1. The third-order valence-corrected chi connectivity index (χ3v) is 4.44. The molecule has 0 aromatic carbocycles. The molecule has 0 fully saturated rings. The van der Waals surface area contributed by atoms with Gasteiger partial charge in [0.1, 0.15) is 0 Å². The number of aryl methyl sites for hydroxylation is 4. The molecule has 3 aromatic heterocycles. The van der Waals surface area contributed by atoms with Crippen molar-refractivity contribution in [2.45, 2.75) is 62.3 Å². The molecule has 0 bridgehead atoms. The van der Waals surface area contributed by atoms with Gasteiger partial charge in [0.15, 0.2) is 0 Å². The van der Waals surface area contributed by atoms with Crippen molar-refractivity contribution in [1.82, 2.24) is 28.7 Å². The fraction of sp³-hybridized carbons (Fsp3) is 0.375. The zero-order chi connectivity index (χ0) is 25.3. The van der Waals surface area contributed by atoms with Gasteiger partial charge in [-0.25, -0.2) is 20.8 Å². The number of allylic oxidation sites excluding steroid dienone is 5. The zero-order valence-electron chi connectivity index (χ0n) is 22.6. The summed E-state index contributed by atoms with van der Waals surface area (Å²) in [6.07, 6.45) is 17.6. The molecule has 6 N–H and O–H groups in total. The Kier molecular flexibility index (Phi) is 21.8. The topological polar surface area (TPSA) is 132 Å². The summed E-state index contributed by atoms with van der Waals surface area (Å²) in [5, 5.41) is 0. The molecule has 3 radical (unpaired) electrons. The second-order valence-electron chi connectivity index (χ2n) is 6.99. The van der Waals surface area contributed by atoms with Crippen LogP contribution in [0.3, 0.4) is 0 Å². The van der Waals surface area contributed by atoms with Crippen LogP contribution in [0.5, 0.6) is 0 Å². The van der Waals surface area contributed by atoms with Gasteiger partial charge in [-0.05, 0) is 36.9 Å². The van der Waals surface area contributed by atoms with E-state index in [2.05, 4.69) is 51.8 Å². The van der Waals surface area contributed by atoms with Crippen LogP contribution in [0.25, 0.3) is 17.2 Å². The van der Waals surface area contributed by atoms with Gasteiger partial charge in [-0.15, -0.1) is 13.8 Å². The Morgan fingerprint density at radius 1 is 0.667 bits per heavy atom. The van der Waals surface area contributed by atoms with Crippen molar-refractivity contribution in [3.63, 3.8) is 0 Å². The maximum atomic E-state index is 5.61. The summed E-state index contributed by atoms with van der Waals surface area (Å²) in [5.74, 6) is 3.12. The maximum Gasteiger partial charge on any atom is 0.0879 e. The summed E-state index contributed by atoms with van der Waals surface area (Å²) in [5.41, 5.74) is 20.2. The first-order valence-electron chi connectivity index (χ1n) is 10.2.